The maximum absolute atomic E-state index is 12.2. The number of hydrogen-bond acceptors (Lipinski definition) is 9. The molecule has 1 N–H and O–H groups in total. The van der Waals surface area contributed by atoms with Crippen LogP contribution in [-0.4, -0.2) is 98.3 Å². The molecule has 0 bridgehead atoms. The fourth-order valence-corrected chi connectivity index (χ4v) is 6.13. The highest BCUT2D eigenvalue weighted by atomic mass is 32.2. The van der Waals surface area contributed by atoms with Crippen LogP contribution in [0.15, 0.2) is 15.5 Å². The Hall–Kier alpha value is -1.46. The first-order valence-electron chi connectivity index (χ1n) is 10.2. The van der Waals surface area contributed by atoms with Gasteiger partial charge >= 0.3 is 5.63 Å². The van der Waals surface area contributed by atoms with Crippen LogP contribution in [0.2, 0.25) is 0 Å². The van der Waals surface area contributed by atoms with Gasteiger partial charge in [-0.1, -0.05) is 0 Å². The summed E-state index contributed by atoms with van der Waals surface area (Å²) in [4.78, 5) is 18.8. The molecule has 3 aliphatic heterocycles. The van der Waals surface area contributed by atoms with E-state index in [1.54, 1.807) is 0 Å². The second-order valence-corrected chi connectivity index (χ2v) is 10.4. The highest BCUT2D eigenvalue weighted by Gasteiger charge is 2.34. The van der Waals surface area contributed by atoms with Crippen LogP contribution < -0.4 is 5.63 Å². The number of ether oxygens (including phenoxy) is 1. The Labute approximate surface area is 170 Å². The van der Waals surface area contributed by atoms with Gasteiger partial charge in [-0.2, -0.15) is 0 Å². The molecule has 3 aliphatic rings. The number of aromatic hydroxyl groups is 1. The maximum Gasteiger partial charge on any atom is 0.343 e. The minimum atomic E-state index is -2.89. The molecule has 1 aromatic rings. The Bertz CT molecular complexity index is 872. The molecule has 29 heavy (non-hydrogen) atoms. The molecule has 0 saturated carbocycles. The van der Waals surface area contributed by atoms with Crippen molar-refractivity contribution < 1.29 is 22.7 Å². The molecule has 4 rings (SSSR count). The largest absolute Gasteiger partial charge is 0.507 e. The van der Waals surface area contributed by atoms with Gasteiger partial charge in [0.25, 0.3) is 0 Å². The van der Waals surface area contributed by atoms with E-state index < -0.39 is 15.5 Å². The highest BCUT2D eigenvalue weighted by molar-refractivity contribution is 7.91. The summed E-state index contributed by atoms with van der Waals surface area (Å²) in [5, 5.41) is 10.7. The van der Waals surface area contributed by atoms with Crippen LogP contribution in [0.3, 0.4) is 0 Å². The van der Waals surface area contributed by atoms with E-state index in [1.807, 2.05) is 0 Å². The standard InChI is InChI=1S/C19H29N3O6S/c23-18-15(11-21-6-8-27-9-7-21)13-28-19(24)17(18)12-20-2-4-22(5-3-20)16-1-10-29(25,26)14-16/h13,16,23H,1-12,14H2/t16-/m1/s1. The van der Waals surface area contributed by atoms with Crippen molar-refractivity contribution in [3.05, 3.63) is 27.8 Å². The Kier molecular flexibility index (Phi) is 6.26. The lowest BCUT2D eigenvalue weighted by Crippen LogP contribution is -2.50. The molecule has 0 amide bonds. The topological polar surface area (TPSA) is 104 Å². The number of morpholine rings is 1. The number of sulfone groups is 1. The van der Waals surface area contributed by atoms with E-state index in [0.717, 1.165) is 39.3 Å². The Morgan fingerprint density at radius 2 is 1.72 bits per heavy atom. The van der Waals surface area contributed by atoms with Gasteiger partial charge in [0.2, 0.25) is 0 Å². The summed E-state index contributed by atoms with van der Waals surface area (Å²) in [7, 11) is -2.89. The van der Waals surface area contributed by atoms with Crippen molar-refractivity contribution in [2.45, 2.75) is 25.6 Å². The molecule has 0 aliphatic carbocycles. The lowest BCUT2D eigenvalue weighted by Gasteiger charge is -2.37. The van der Waals surface area contributed by atoms with E-state index in [0.29, 0.717) is 43.9 Å². The average molecular weight is 428 g/mol. The predicted octanol–water partition coefficient (Wildman–Crippen LogP) is -0.518. The zero-order valence-electron chi connectivity index (χ0n) is 16.6. The lowest BCUT2D eigenvalue weighted by molar-refractivity contribution is 0.0335. The molecule has 1 atom stereocenters. The second kappa shape index (κ2) is 8.73. The molecule has 10 heteroatoms. The van der Waals surface area contributed by atoms with Crippen LogP contribution in [-0.2, 0) is 27.7 Å². The van der Waals surface area contributed by atoms with Crippen LogP contribution in [0, 0.1) is 0 Å². The molecule has 4 heterocycles. The molecular weight excluding hydrogens is 398 g/mol. The SMILES string of the molecule is O=c1occ(CN2CCOCC2)c(O)c1CN1CCN([C@@H]2CCS(=O)(=O)C2)CC1. The molecule has 0 unspecified atom stereocenters. The van der Waals surface area contributed by atoms with Gasteiger partial charge < -0.3 is 14.3 Å². The van der Waals surface area contributed by atoms with Crippen molar-refractivity contribution in [1.82, 2.24) is 14.7 Å². The van der Waals surface area contributed by atoms with Crippen molar-refractivity contribution >= 4 is 9.84 Å². The number of hydrogen-bond donors (Lipinski definition) is 1. The van der Waals surface area contributed by atoms with Crippen molar-refractivity contribution in [2.24, 2.45) is 0 Å². The lowest BCUT2D eigenvalue weighted by atomic mass is 10.1. The van der Waals surface area contributed by atoms with E-state index in [2.05, 4.69) is 14.7 Å². The van der Waals surface area contributed by atoms with Crippen molar-refractivity contribution in [1.29, 1.82) is 0 Å². The first kappa shape index (κ1) is 20.8. The summed E-state index contributed by atoms with van der Waals surface area (Å²) in [5.41, 5.74) is 0.418. The normalized spacial score (nSPS) is 26.7. The molecule has 0 radical (unpaired) electrons. The first-order valence-corrected chi connectivity index (χ1v) is 12.0. The Morgan fingerprint density at radius 3 is 2.38 bits per heavy atom. The molecule has 1 aromatic heterocycles. The van der Waals surface area contributed by atoms with Crippen LogP contribution in [0.25, 0.3) is 0 Å². The molecule has 3 fully saturated rings. The third-order valence-corrected chi connectivity index (χ3v) is 7.91. The minimum absolute atomic E-state index is 0.0251. The number of piperazine rings is 1. The van der Waals surface area contributed by atoms with E-state index in [1.165, 1.54) is 6.26 Å². The Balaban J connectivity index is 1.37. The zero-order valence-corrected chi connectivity index (χ0v) is 17.4. The monoisotopic (exact) mass is 427 g/mol. The van der Waals surface area contributed by atoms with Crippen LogP contribution in [0.5, 0.6) is 5.75 Å². The summed E-state index contributed by atoms with van der Waals surface area (Å²) in [5.74, 6) is 0.556. The minimum Gasteiger partial charge on any atom is -0.507 e. The quantitative estimate of drug-likeness (QED) is 0.665. The third kappa shape index (κ3) is 5.00. The summed E-state index contributed by atoms with van der Waals surface area (Å²) >= 11 is 0. The van der Waals surface area contributed by atoms with E-state index >= 15 is 0 Å². The predicted molar refractivity (Wildman–Crippen MR) is 107 cm³/mol. The fourth-order valence-electron chi connectivity index (χ4n) is 4.37. The highest BCUT2D eigenvalue weighted by Crippen LogP contribution is 2.24. The fraction of sp³-hybridized carbons (Fsp3) is 0.737. The van der Waals surface area contributed by atoms with Gasteiger partial charge in [0, 0.05) is 64.0 Å². The average Bonchev–Trinajstić information content (AvgIpc) is 3.08. The molecule has 162 valence electrons. The second-order valence-electron chi connectivity index (χ2n) is 8.13. The third-order valence-electron chi connectivity index (χ3n) is 6.16. The van der Waals surface area contributed by atoms with Gasteiger partial charge in [0.15, 0.2) is 9.84 Å². The van der Waals surface area contributed by atoms with Crippen LogP contribution in [0.1, 0.15) is 17.5 Å². The van der Waals surface area contributed by atoms with E-state index in [9.17, 15) is 18.3 Å². The molecule has 9 nitrogen and oxygen atoms in total. The smallest absolute Gasteiger partial charge is 0.343 e. The van der Waals surface area contributed by atoms with E-state index in [-0.39, 0.29) is 23.3 Å². The van der Waals surface area contributed by atoms with Crippen molar-refractivity contribution in [2.75, 3.05) is 64.0 Å². The van der Waals surface area contributed by atoms with Gasteiger partial charge in [0.05, 0.1) is 30.3 Å². The molecule has 3 saturated heterocycles. The summed E-state index contributed by atoms with van der Waals surface area (Å²) in [6.07, 6.45) is 2.06. The van der Waals surface area contributed by atoms with Gasteiger partial charge in [0.1, 0.15) is 12.0 Å². The van der Waals surface area contributed by atoms with Crippen molar-refractivity contribution in [3.8, 4) is 5.75 Å². The summed E-state index contributed by atoms with van der Waals surface area (Å²) in [6.45, 7) is 6.73. The summed E-state index contributed by atoms with van der Waals surface area (Å²) < 4.78 is 34.0. The molecular formula is C19H29N3O6S. The van der Waals surface area contributed by atoms with Crippen molar-refractivity contribution in [3.63, 3.8) is 0 Å². The molecule has 0 spiro atoms. The Morgan fingerprint density at radius 1 is 1.03 bits per heavy atom. The maximum atomic E-state index is 12.2. The summed E-state index contributed by atoms with van der Waals surface area (Å²) in [6, 6.07) is 0.109. The van der Waals surface area contributed by atoms with Crippen LogP contribution in [0.4, 0.5) is 0 Å². The zero-order chi connectivity index (χ0) is 20.4. The van der Waals surface area contributed by atoms with E-state index in [4.69, 9.17) is 9.15 Å². The van der Waals surface area contributed by atoms with Gasteiger partial charge in [-0.25, -0.2) is 13.2 Å². The van der Waals surface area contributed by atoms with Gasteiger partial charge in [-0.3, -0.25) is 14.7 Å². The van der Waals surface area contributed by atoms with Gasteiger partial charge in [-0.15, -0.1) is 0 Å². The number of rotatable bonds is 5. The molecule has 0 aromatic carbocycles. The first-order chi connectivity index (χ1) is 13.9. The van der Waals surface area contributed by atoms with Gasteiger partial charge in [-0.05, 0) is 6.42 Å². The number of nitrogens with zero attached hydrogens (tertiary/aromatic N) is 3. The van der Waals surface area contributed by atoms with Crippen LogP contribution >= 0.6 is 0 Å².